The van der Waals surface area contributed by atoms with E-state index in [-0.39, 0.29) is 22.9 Å². The molecule has 4 aromatic rings. The van der Waals surface area contributed by atoms with Gasteiger partial charge in [-0.1, -0.05) is 28.9 Å². The van der Waals surface area contributed by atoms with Crippen molar-refractivity contribution in [1.82, 2.24) is 29.9 Å². The lowest BCUT2D eigenvalue weighted by atomic mass is 9.97. The molecule has 31 heavy (non-hydrogen) atoms. The third-order valence-corrected chi connectivity index (χ3v) is 5.68. The zero-order valence-corrected chi connectivity index (χ0v) is 17.2. The van der Waals surface area contributed by atoms with E-state index in [0.29, 0.717) is 41.9 Å². The number of hydrogen-bond acceptors (Lipinski definition) is 6. The van der Waals surface area contributed by atoms with Crippen molar-refractivity contribution in [2.45, 2.75) is 25.3 Å². The molecule has 0 aliphatic carbocycles. The molecule has 1 amide bonds. The van der Waals surface area contributed by atoms with E-state index in [2.05, 4.69) is 20.3 Å². The summed E-state index contributed by atoms with van der Waals surface area (Å²) in [6, 6.07) is 10.8. The number of hydrogen-bond donors (Lipinski definition) is 1. The lowest BCUT2D eigenvalue weighted by molar-refractivity contribution is 0.0672. The van der Waals surface area contributed by atoms with Gasteiger partial charge in [-0.2, -0.15) is 0 Å². The fraction of sp³-hybridized carbons (Fsp3) is 0.286. The number of nitrogens with one attached hydrogen (secondary N) is 1. The van der Waals surface area contributed by atoms with Crippen LogP contribution in [0.3, 0.4) is 0 Å². The highest BCUT2D eigenvalue weighted by atomic mass is 35.5. The summed E-state index contributed by atoms with van der Waals surface area (Å²) in [5.41, 5.74) is 1.18. The van der Waals surface area contributed by atoms with E-state index < -0.39 is 0 Å². The Morgan fingerprint density at radius 3 is 3.00 bits per heavy atom. The molecule has 3 aromatic heterocycles. The van der Waals surface area contributed by atoms with E-state index in [0.717, 1.165) is 18.4 Å². The lowest BCUT2D eigenvalue weighted by Crippen LogP contribution is -2.39. The number of furan rings is 1. The summed E-state index contributed by atoms with van der Waals surface area (Å²) >= 11 is 6.08. The second-order valence-corrected chi connectivity index (χ2v) is 8.00. The molecule has 0 saturated carbocycles. The number of aromatic nitrogens is 5. The second kappa shape index (κ2) is 7.99. The summed E-state index contributed by atoms with van der Waals surface area (Å²) in [6.07, 6.45) is 3.10. The SMILES string of the molecule is O=C(c1ccco1)N1CCC[C@@H](c2nc3c(nnn3Cc3cccc(Cl)c3)c(=O)[nH]2)C1. The first kappa shape index (κ1) is 19.5. The Labute approximate surface area is 181 Å². The van der Waals surface area contributed by atoms with E-state index >= 15 is 0 Å². The predicted octanol–water partition coefficient (Wildman–Crippen LogP) is 2.83. The van der Waals surface area contributed by atoms with Gasteiger partial charge in [-0.25, -0.2) is 9.67 Å². The van der Waals surface area contributed by atoms with Crippen LogP contribution >= 0.6 is 11.6 Å². The topological polar surface area (TPSA) is 110 Å². The first-order valence-electron chi connectivity index (χ1n) is 9.99. The molecule has 4 heterocycles. The molecular weight excluding hydrogens is 420 g/mol. The fourth-order valence-corrected chi connectivity index (χ4v) is 4.15. The number of amides is 1. The fourth-order valence-electron chi connectivity index (χ4n) is 3.93. The number of H-pyrrole nitrogens is 1. The maximum Gasteiger partial charge on any atom is 0.289 e. The summed E-state index contributed by atoms with van der Waals surface area (Å²) in [7, 11) is 0. The van der Waals surface area contributed by atoms with Crippen LogP contribution in [-0.4, -0.2) is 48.9 Å². The summed E-state index contributed by atoms with van der Waals surface area (Å²) < 4.78 is 6.83. The van der Waals surface area contributed by atoms with Gasteiger partial charge in [0.15, 0.2) is 16.9 Å². The summed E-state index contributed by atoms with van der Waals surface area (Å²) in [6.45, 7) is 1.47. The number of carbonyl (C=O) groups is 1. The maximum absolute atomic E-state index is 12.7. The molecule has 10 heteroatoms. The number of carbonyl (C=O) groups excluding carboxylic acids is 1. The van der Waals surface area contributed by atoms with Gasteiger partial charge in [0, 0.05) is 24.0 Å². The number of fused-ring (bicyclic) bond motifs is 1. The third-order valence-electron chi connectivity index (χ3n) is 5.44. The highest BCUT2D eigenvalue weighted by Crippen LogP contribution is 2.26. The van der Waals surface area contributed by atoms with Gasteiger partial charge in [0.25, 0.3) is 11.5 Å². The van der Waals surface area contributed by atoms with Gasteiger partial charge < -0.3 is 14.3 Å². The first-order chi connectivity index (χ1) is 15.1. The Balaban J connectivity index is 1.44. The predicted molar refractivity (Wildman–Crippen MR) is 113 cm³/mol. The van der Waals surface area contributed by atoms with Crippen LogP contribution in [0.25, 0.3) is 11.2 Å². The minimum absolute atomic E-state index is 0.0979. The second-order valence-electron chi connectivity index (χ2n) is 7.57. The minimum Gasteiger partial charge on any atom is -0.459 e. The van der Waals surface area contributed by atoms with E-state index in [1.807, 2.05) is 18.2 Å². The molecule has 0 radical (unpaired) electrons. The van der Waals surface area contributed by atoms with E-state index in [4.69, 9.17) is 16.0 Å². The maximum atomic E-state index is 12.7. The number of aromatic amines is 1. The molecule has 9 nitrogen and oxygen atoms in total. The monoisotopic (exact) mass is 438 g/mol. The summed E-state index contributed by atoms with van der Waals surface area (Å²) in [5.74, 6) is 0.579. The smallest absolute Gasteiger partial charge is 0.289 e. The number of piperidine rings is 1. The Morgan fingerprint density at radius 1 is 1.29 bits per heavy atom. The molecule has 0 unspecified atom stereocenters. The Kier molecular flexibility index (Phi) is 5.03. The van der Waals surface area contributed by atoms with Crippen molar-refractivity contribution in [3.63, 3.8) is 0 Å². The Bertz CT molecular complexity index is 1300. The first-order valence-corrected chi connectivity index (χ1v) is 10.4. The van der Waals surface area contributed by atoms with E-state index in [9.17, 15) is 9.59 Å². The number of likely N-dealkylation sites (tertiary alicyclic amines) is 1. The van der Waals surface area contributed by atoms with Crippen molar-refractivity contribution in [2.24, 2.45) is 0 Å². The van der Waals surface area contributed by atoms with Crippen molar-refractivity contribution in [2.75, 3.05) is 13.1 Å². The van der Waals surface area contributed by atoms with Gasteiger partial charge in [-0.05, 0) is 42.7 Å². The minimum atomic E-state index is -0.341. The van der Waals surface area contributed by atoms with Gasteiger partial charge in [0.1, 0.15) is 5.82 Å². The molecule has 0 bridgehead atoms. The van der Waals surface area contributed by atoms with Gasteiger partial charge in [-0.3, -0.25) is 9.59 Å². The molecule has 158 valence electrons. The van der Waals surface area contributed by atoms with Crippen LogP contribution < -0.4 is 5.56 Å². The van der Waals surface area contributed by atoms with Crippen molar-refractivity contribution in [1.29, 1.82) is 0 Å². The molecule has 1 saturated heterocycles. The highest BCUT2D eigenvalue weighted by molar-refractivity contribution is 6.30. The number of nitrogens with zero attached hydrogens (tertiary/aromatic N) is 5. The zero-order chi connectivity index (χ0) is 21.4. The Morgan fingerprint density at radius 2 is 2.19 bits per heavy atom. The molecule has 0 spiro atoms. The van der Waals surface area contributed by atoms with Crippen molar-refractivity contribution in [3.8, 4) is 0 Å². The largest absolute Gasteiger partial charge is 0.459 e. The quantitative estimate of drug-likeness (QED) is 0.524. The normalized spacial score (nSPS) is 16.7. The van der Waals surface area contributed by atoms with E-state index in [1.165, 1.54) is 6.26 Å². The van der Waals surface area contributed by atoms with Crippen LogP contribution in [0.15, 0.2) is 51.9 Å². The van der Waals surface area contributed by atoms with Gasteiger partial charge in [0.05, 0.1) is 12.8 Å². The molecule has 1 aliphatic rings. The molecule has 1 fully saturated rings. The molecule has 5 rings (SSSR count). The van der Waals surface area contributed by atoms with E-state index in [1.54, 1.807) is 27.8 Å². The van der Waals surface area contributed by atoms with Crippen molar-refractivity contribution < 1.29 is 9.21 Å². The highest BCUT2D eigenvalue weighted by Gasteiger charge is 2.29. The molecule has 1 aromatic carbocycles. The molecule has 1 N–H and O–H groups in total. The van der Waals surface area contributed by atoms with Crippen LogP contribution in [0.5, 0.6) is 0 Å². The standard InChI is InChI=1S/C21H19ClN6O3/c22-15-6-1-4-13(10-15)11-28-19-17(25-26-28)20(29)24-18(23-19)14-5-2-8-27(12-14)21(30)16-7-3-9-31-16/h1,3-4,6-7,9-10,14H,2,5,8,11-12H2,(H,23,24,29)/t14-/m1/s1. The van der Waals surface area contributed by atoms with Gasteiger partial charge >= 0.3 is 0 Å². The van der Waals surface area contributed by atoms with Crippen LogP contribution in [-0.2, 0) is 6.54 Å². The number of benzene rings is 1. The summed E-state index contributed by atoms with van der Waals surface area (Å²) in [4.78, 5) is 34.6. The van der Waals surface area contributed by atoms with Crippen molar-refractivity contribution >= 4 is 28.7 Å². The molecule has 1 atom stereocenters. The van der Waals surface area contributed by atoms with Gasteiger partial charge in [-0.15, -0.1) is 5.10 Å². The van der Waals surface area contributed by atoms with Crippen LogP contribution in [0.1, 0.15) is 40.7 Å². The molecule has 1 aliphatic heterocycles. The molecular formula is C21H19ClN6O3. The average Bonchev–Trinajstić information content (AvgIpc) is 3.44. The third kappa shape index (κ3) is 3.84. The van der Waals surface area contributed by atoms with Crippen LogP contribution in [0, 0.1) is 0 Å². The van der Waals surface area contributed by atoms with Gasteiger partial charge in [0.2, 0.25) is 0 Å². The van der Waals surface area contributed by atoms with Crippen molar-refractivity contribution in [3.05, 3.63) is 75.2 Å². The number of halogens is 1. The zero-order valence-electron chi connectivity index (χ0n) is 16.5. The van der Waals surface area contributed by atoms with Crippen LogP contribution in [0.2, 0.25) is 5.02 Å². The lowest BCUT2D eigenvalue weighted by Gasteiger charge is -2.31. The summed E-state index contributed by atoms with van der Waals surface area (Å²) in [5, 5.41) is 8.73. The van der Waals surface area contributed by atoms with Crippen LogP contribution in [0.4, 0.5) is 0 Å². The number of rotatable bonds is 4. The Hall–Kier alpha value is -3.46. The average molecular weight is 439 g/mol.